The molecule has 6 rings (SSSR count). The van der Waals surface area contributed by atoms with E-state index in [1.165, 1.54) is 48.5 Å². The van der Waals surface area contributed by atoms with E-state index in [1.807, 2.05) is 12.3 Å². The fraction of sp³-hybridized carbons (Fsp3) is 0. The van der Waals surface area contributed by atoms with Crippen molar-refractivity contribution in [3.05, 3.63) is 91.1 Å². The SMILES string of the molecule is c1ccc2cc3c(cc2c1)c1cccnc1c1c2ccccc2ccc31. The summed E-state index contributed by atoms with van der Waals surface area (Å²) in [5.41, 5.74) is 1.09. The smallest absolute Gasteiger partial charge is 0.0792 e. The molecule has 0 atom stereocenters. The first-order valence-electron chi connectivity index (χ1n) is 8.91. The van der Waals surface area contributed by atoms with E-state index in [1.54, 1.807) is 0 Å². The molecule has 0 spiro atoms. The van der Waals surface area contributed by atoms with Gasteiger partial charge >= 0.3 is 0 Å². The monoisotopic (exact) mass is 329 g/mol. The predicted octanol–water partition coefficient (Wildman–Crippen LogP) is 6.85. The lowest BCUT2D eigenvalue weighted by molar-refractivity contribution is 1.43. The lowest BCUT2D eigenvalue weighted by Crippen LogP contribution is -1.88. The van der Waals surface area contributed by atoms with Crippen LogP contribution < -0.4 is 0 Å². The average molecular weight is 329 g/mol. The van der Waals surface area contributed by atoms with Crippen LogP contribution in [0, 0.1) is 0 Å². The first-order valence-corrected chi connectivity index (χ1v) is 8.91. The summed E-state index contributed by atoms with van der Waals surface area (Å²) in [7, 11) is 0. The Morgan fingerprint density at radius 2 is 1.12 bits per heavy atom. The quantitative estimate of drug-likeness (QED) is 0.219. The maximum absolute atomic E-state index is 4.79. The minimum Gasteiger partial charge on any atom is -0.256 e. The van der Waals surface area contributed by atoms with Crippen LogP contribution in [0.5, 0.6) is 0 Å². The molecule has 5 aromatic carbocycles. The van der Waals surface area contributed by atoms with Crippen molar-refractivity contribution < 1.29 is 0 Å². The van der Waals surface area contributed by atoms with E-state index >= 15 is 0 Å². The van der Waals surface area contributed by atoms with E-state index < -0.39 is 0 Å². The van der Waals surface area contributed by atoms with E-state index in [0.717, 1.165) is 5.52 Å². The van der Waals surface area contributed by atoms with Crippen LogP contribution in [0.15, 0.2) is 91.1 Å². The Labute approximate surface area is 150 Å². The zero-order valence-electron chi connectivity index (χ0n) is 14.1. The molecule has 1 aromatic heterocycles. The van der Waals surface area contributed by atoms with Gasteiger partial charge in [0.2, 0.25) is 0 Å². The number of hydrogen-bond donors (Lipinski definition) is 0. The molecule has 0 saturated carbocycles. The van der Waals surface area contributed by atoms with Gasteiger partial charge in [-0.05, 0) is 55.9 Å². The Morgan fingerprint density at radius 1 is 0.462 bits per heavy atom. The highest BCUT2D eigenvalue weighted by atomic mass is 14.6. The van der Waals surface area contributed by atoms with Gasteiger partial charge in [-0.2, -0.15) is 0 Å². The highest BCUT2D eigenvalue weighted by Crippen LogP contribution is 2.39. The van der Waals surface area contributed by atoms with E-state index in [4.69, 9.17) is 4.98 Å². The maximum Gasteiger partial charge on any atom is 0.0792 e. The van der Waals surface area contributed by atoms with Gasteiger partial charge in [-0.25, -0.2) is 0 Å². The molecule has 1 heterocycles. The molecule has 0 radical (unpaired) electrons. The van der Waals surface area contributed by atoms with Gasteiger partial charge in [0.15, 0.2) is 0 Å². The van der Waals surface area contributed by atoms with Crippen molar-refractivity contribution in [2.24, 2.45) is 0 Å². The van der Waals surface area contributed by atoms with Crippen molar-refractivity contribution in [3.63, 3.8) is 0 Å². The van der Waals surface area contributed by atoms with Crippen LogP contribution >= 0.6 is 0 Å². The van der Waals surface area contributed by atoms with Crippen molar-refractivity contribution >= 4 is 54.0 Å². The van der Waals surface area contributed by atoms with E-state index in [2.05, 4.69) is 78.9 Å². The van der Waals surface area contributed by atoms with Crippen LogP contribution in [0.25, 0.3) is 54.0 Å². The van der Waals surface area contributed by atoms with Crippen molar-refractivity contribution in [2.75, 3.05) is 0 Å². The summed E-state index contributed by atoms with van der Waals surface area (Å²) in [4.78, 5) is 4.79. The Hall–Kier alpha value is -3.45. The highest BCUT2D eigenvalue weighted by Gasteiger charge is 2.12. The molecule has 0 unspecified atom stereocenters. The molecule has 0 aliphatic rings. The predicted molar refractivity (Wildman–Crippen MR) is 112 cm³/mol. The van der Waals surface area contributed by atoms with Crippen molar-refractivity contribution in [1.82, 2.24) is 4.98 Å². The third-order valence-corrected chi connectivity index (χ3v) is 5.44. The summed E-state index contributed by atoms with van der Waals surface area (Å²) in [5.74, 6) is 0. The molecule has 0 N–H and O–H groups in total. The zero-order valence-corrected chi connectivity index (χ0v) is 14.1. The van der Waals surface area contributed by atoms with Gasteiger partial charge in [-0.15, -0.1) is 0 Å². The molecular weight excluding hydrogens is 314 g/mol. The second kappa shape index (κ2) is 5.03. The number of pyridine rings is 1. The zero-order chi connectivity index (χ0) is 17.1. The van der Waals surface area contributed by atoms with Gasteiger partial charge in [0, 0.05) is 17.0 Å². The molecular formula is C25H15N. The summed E-state index contributed by atoms with van der Waals surface area (Å²) >= 11 is 0. The highest BCUT2D eigenvalue weighted by molar-refractivity contribution is 6.31. The molecule has 0 aliphatic carbocycles. The van der Waals surface area contributed by atoms with Crippen molar-refractivity contribution in [3.8, 4) is 0 Å². The topological polar surface area (TPSA) is 12.9 Å². The summed E-state index contributed by atoms with van der Waals surface area (Å²) in [5, 5.41) is 11.4. The van der Waals surface area contributed by atoms with Gasteiger partial charge in [0.25, 0.3) is 0 Å². The summed E-state index contributed by atoms with van der Waals surface area (Å²) in [6.45, 7) is 0. The molecule has 0 fully saturated rings. The largest absolute Gasteiger partial charge is 0.256 e. The van der Waals surface area contributed by atoms with Gasteiger partial charge in [-0.3, -0.25) is 4.98 Å². The first-order chi connectivity index (χ1) is 12.9. The lowest BCUT2D eigenvalue weighted by Gasteiger charge is -2.13. The van der Waals surface area contributed by atoms with E-state index in [-0.39, 0.29) is 0 Å². The Bertz CT molecular complexity index is 1470. The van der Waals surface area contributed by atoms with Crippen LogP contribution in [0.3, 0.4) is 0 Å². The second-order valence-electron chi connectivity index (χ2n) is 6.85. The van der Waals surface area contributed by atoms with Crippen LogP contribution in [-0.2, 0) is 0 Å². The normalized spacial score (nSPS) is 11.8. The first kappa shape index (κ1) is 13.8. The molecule has 0 aliphatic heterocycles. The molecule has 0 amide bonds. The number of fused-ring (bicyclic) bond motifs is 9. The fourth-order valence-electron chi connectivity index (χ4n) is 4.26. The molecule has 6 aromatic rings. The van der Waals surface area contributed by atoms with Gasteiger partial charge in [0.1, 0.15) is 0 Å². The summed E-state index contributed by atoms with van der Waals surface area (Å²) in [6.07, 6.45) is 1.90. The number of nitrogens with zero attached hydrogens (tertiary/aromatic N) is 1. The Kier molecular flexibility index (Phi) is 2.67. The Balaban J connectivity index is 2.00. The lowest BCUT2D eigenvalue weighted by atomic mass is 9.92. The van der Waals surface area contributed by atoms with Crippen LogP contribution in [0.1, 0.15) is 0 Å². The number of hydrogen-bond acceptors (Lipinski definition) is 1. The maximum atomic E-state index is 4.79. The third kappa shape index (κ3) is 1.77. The summed E-state index contributed by atoms with van der Waals surface area (Å²) < 4.78 is 0. The van der Waals surface area contributed by atoms with Gasteiger partial charge in [0.05, 0.1) is 5.52 Å². The minimum atomic E-state index is 1.09. The number of aromatic nitrogens is 1. The Morgan fingerprint density at radius 3 is 1.92 bits per heavy atom. The number of rotatable bonds is 0. The average Bonchev–Trinajstić information content (AvgIpc) is 2.72. The molecule has 26 heavy (non-hydrogen) atoms. The third-order valence-electron chi connectivity index (χ3n) is 5.44. The van der Waals surface area contributed by atoms with E-state index in [0.29, 0.717) is 0 Å². The van der Waals surface area contributed by atoms with E-state index in [9.17, 15) is 0 Å². The molecule has 1 heteroatoms. The van der Waals surface area contributed by atoms with Gasteiger partial charge < -0.3 is 0 Å². The fourth-order valence-corrected chi connectivity index (χ4v) is 4.26. The van der Waals surface area contributed by atoms with Gasteiger partial charge in [-0.1, -0.05) is 66.7 Å². The molecule has 120 valence electrons. The molecule has 1 nitrogen and oxygen atoms in total. The molecule has 0 bridgehead atoms. The van der Waals surface area contributed by atoms with Crippen LogP contribution in [-0.4, -0.2) is 4.98 Å². The van der Waals surface area contributed by atoms with Crippen molar-refractivity contribution in [1.29, 1.82) is 0 Å². The summed E-state index contributed by atoms with van der Waals surface area (Å²) in [6, 6.07) is 30.5. The molecule has 0 saturated heterocycles. The van der Waals surface area contributed by atoms with Crippen LogP contribution in [0.4, 0.5) is 0 Å². The van der Waals surface area contributed by atoms with Crippen LogP contribution in [0.2, 0.25) is 0 Å². The second-order valence-corrected chi connectivity index (χ2v) is 6.85. The van der Waals surface area contributed by atoms with Crippen molar-refractivity contribution in [2.45, 2.75) is 0 Å². The minimum absolute atomic E-state index is 1.09. The standard InChI is InChI=1S/C25H15N/c1-2-8-18-15-23-21-10-5-13-26-25(21)24-19-9-4-3-6-16(19)11-12-20(24)22(23)14-17(18)7-1/h1-15H. The number of benzene rings is 5.